The lowest BCUT2D eigenvalue weighted by Crippen LogP contribution is -2.51. The minimum Gasteiger partial charge on any atom is -0.481 e. The summed E-state index contributed by atoms with van der Waals surface area (Å²) in [6, 6.07) is 20.5. The van der Waals surface area contributed by atoms with E-state index < -0.39 is 33.9 Å². The zero-order valence-corrected chi connectivity index (χ0v) is 21.9. The highest BCUT2D eigenvalue weighted by Crippen LogP contribution is 2.22. The summed E-state index contributed by atoms with van der Waals surface area (Å²) in [7, 11) is -4.20. The van der Waals surface area contributed by atoms with Crippen molar-refractivity contribution in [2.24, 2.45) is 5.92 Å². The molecule has 10 heteroatoms. The van der Waals surface area contributed by atoms with Crippen LogP contribution in [0.4, 0.5) is 11.4 Å². The lowest BCUT2D eigenvalue weighted by atomic mass is 9.92. The van der Waals surface area contributed by atoms with Gasteiger partial charge in [0.1, 0.15) is 6.04 Å². The summed E-state index contributed by atoms with van der Waals surface area (Å²) in [4.78, 5) is 27.9. The number of nitrogens with one attached hydrogen (secondary N) is 2. The number of ether oxygens (including phenoxy) is 1. The number of carboxylic acids is 1. The number of hydrogen-bond acceptors (Lipinski definition) is 6. The zero-order chi connectivity index (χ0) is 27.1. The fraction of sp³-hybridized carbons (Fsp3) is 0.286. The number of rotatable bonds is 10. The van der Waals surface area contributed by atoms with E-state index in [2.05, 4.69) is 14.9 Å². The van der Waals surface area contributed by atoms with Gasteiger partial charge in [-0.2, -0.15) is 4.72 Å². The molecule has 1 saturated heterocycles. The van der Waals surface area contributed by atoms with Crippen molar-refractivity contribution in [3.8, 4) is 0 Å². The molecule has 0 aliphatic carbocycles. The summed E-state index contributed by atoms with van der Waals surface area (Å²) in [6.07, 6.45) is -0.0410. The topological polar surface area (TPSA) is 125 Å². The number of amides is 1. The van der Waals surface area contributed by atoms with Crippen molar-refractivity contribution in [3.05, 3.63) is 90.0 Å². The smallest absolute Gasteiger partial charge is 0.309 e. The van der Waals surface area contributed by atoms with Gasteiger partial charge in [-0.1, -0.05) is 48.0 Å². The Morgan fingerprint density at radius 3 is 2.18 bits per heavy atom. The van der Waals surface area contributed by atoms with Crippen LogP contribution in [-0.2, 0) is 30.8 Å². The van der Waals surface area contributed by atoms with Gasteiger partial charge in [0.05, 0.1) is 24.0 Å². The Hall–Kier alpha value is -3.73. The molecule has 3 N–H and O–H groups in total. The van der Waals surface area contributed by atoms with Crippen LogP contribution in [0.15, 0.2) is 83.8 Å². The molecule has 1 amide bonds. The predicted octanol–water partition coefficient (Wildman–Crippen LogP) is 3.06. The summed E-state index contributed by atoms with van der Waals surface area (Å²) < 4.78 is 34.2. The first-order chi connectivity index (χ1) is 18.2. The number of morpholine rings is 1. The van der Waals surface area contributed by atoms with Crippen LogP contribution >= 0.6 is 0 Å². The molecule has 2 atom stereocenters. The highest BCUT2D eigenvalue weighted by molar-refractivity contribution is 7.89. The van der Waals surface area contributed by atoms with Crippen LogP contribution in [0.1, 0.15) is 11.1 Å². The first kappa shape index (κ1) is 27.3. The number of carbonyl (C=O) groups is 2. The number of carbonyl (C=O) groups excluding carboxylic acids is 1. The molecule has 38 heavy (non-hydrogen) atoms. The van der Waals surface area contributed by atoms with E-state index in [0.717, 1.165) is 24.3 Å². The molecule has 200 valence electrons. The molecule has 1 aliphatic heterocycles. The van der Waals surface area contributed by atoms with Crippen molar-refractivity contribution in [3.63, 3.8) is 0 Å². The molecule has 0 aromatic heterocycles. The zero-order valence-electron chi connectivity index (χ0n) is 21.0. The highest BCUT2D eigenvalue weighted by Gasteiger charge is 2.37. The largest absolute Gasteiger partial charge is 0.481 e. The molecule has 0 saturated carbocycles. The number of sulfonamides is 1. The van der Waals surface area contributed by atoms with Gasteiger partial charge >= 0.3 is 5.97 Å². The van der Waals surface area contributed by atoms with Gasteiger partial charge in [0.25, 0.3) is 0 Å². The van der Waals surface area contributed by atoms with E-state index in [1.807, 2.05) is 19.1 Å². The van der Waals surface area contributed by atoms with Gasteiger partial charge in [0.2, 0.25) is 15.9 Å². The summed E-state index contributed by atoms with van der Waals surface area (Å²) >= 11 is 0. The molecule has 1 aliphatic rings. The number of aliphatic carboxylic acids is 1. The Morgan fingerprint density at radius 1 is 0.947 bits per heavy atom. The summed E-state index contributed by atoms with van der Waals surface area (Å²) in [5.41, 5.74) is 2.93. The Balaban J connectivity index is 1.60. The van der Waals surface area contributed by atoms with Crippen LogP contribution < -0.4 is 14.9 Å². The molecule has 0 bridgehead atoms. The van der Waals surface area contributed by atoms with Gasteiger partial charge in [-0.05, 0) is 55.3 Å². The van der Waals surface area contributed by atoms with Crippen molar-refractivity contribution >= 4 is 33.3 Å². The molecule has 1 heterocycles. The standard InChI is InChI=1S/C28H31N3O6S/c1-20-7-13-24(14-8-20)38(35,36)30-26(25(28(33)34)19-21-5-3-2-4-6-21)27(32)29-22-9-11-23(12-10-22)31-15-17-37-18-16-31/h2-14,25-26,30H,15-19H2,1H3,(H,29,32)(H,33,34)/t25-,26?/m0/s1. The number of anilines is 2. The fourth-order valence-electron chi connectivity index (χ4n) is 4.28. The van der Waals surface area contributed by atoms with E-state index >= 15 is 0 Å². The molecule has 4 rings (SSSR count). The number of nitrogens with zero attached hydrogens (tertiary/aromatic N) is 1. The molecular weight excluding hydrogens is 506 g/mol. The van der Waals surface area contributed by atoms with E-state index in [0.29, 0.717) is 24.5 Å². The molecule has 9 nitrogen and oxygen atoms in total. The number of hydrogen-bond donors (Lipinski definition) is 3. The normalized spacial score (nSPS) is 15.4. The molecule has 0 spiro atoms. The second kappa shape index (κ2) is 12.2. The average molecular weight is 538 g/mol. The maximum absolute atomic E-state index is 13.5. The molecular formula is C28H31N3O6S. The molecule has 3 aromatic carbocycles. The molecule has 1 unspecified atom stereocenters. The first-order valence-corrected chi connectivity index (χ1v) is 13.8. The van der Waals surface area contributed by atoms with Crippen LogP contribution in [0, 0.1) is 12.8 Å². The van der Waals surface area contributed by atoms with Crippen LogP contribution in [0.2, 0.25) is 0 Å². The Morgan fingerprint density at radius 2 is 1.58 bits per heavy atom. The monoisotopic (exact) mass is 537 g/mol. The van der Waals surface area contributed by atoms with E-state index in [9.17, 15) is 23.1 Å². The minimum atomic E-state index is -4.20. The second-order valence-corrected chi connectivity index (χ2v) is 10.9. The van der Waals surface area contributed by atoms with Gasteiger partial charge in [-0.25, -0.2) is 8.42 Å². The summed E-state index contributed by atoms with van der Waals surface area (Å²) in [5.74, 6) is -3.41. The third kappa shape index (κ3) is 6.97. The van der Waals surface area contributed by atoms with Crippen LogP contribution in [0.5, 0.6) is 0 Å². The second-order valence-electron chi connectivity index (χ2n) is 9.18. The first-order valence-electron chi connectivity index (χ1n) is 12.3. The summed E-state index contributed by atoms with van der Waals surface area (Å²) in [6.45, 7) is 4.62. The molecule has 0 radical (unpaired) electrons. The van der Waals surface area contributed by atoms with Crippen LogP contribution in [0.25, 0.3) is 0 Å². The lowest BCUT2D eigenvalue weighted by molar-refractivity contribution is -0.144. The Labute approximate surface area is 222 Å². The minimum absolute atomic E-state index is 0.0410. The van der Waals surface area contributed by atoms with Crippen molar-refractivity contribution in [2.75, 3.05) is 36.5 Å². The van der Waals surface area contributed by atoms with Crippen LogP contribution in [0.3, 0.4) is 0 Å². The summed E-state index contributed by atoms with van der Waals surface area (Å²) in [5, 5.41) is 12.8. The SMILES string of the molecule is Cc1ccc(S(=O)(=O)NC(C(=O)Nc2ccc(N3CCOCC3)cc2)[C@H](Cc2ccccc2)C(=O)O)cc1. The van der Waals surface area contributed by atoms with Crippen molar-refractivity contribution in [2.45, 2.75) is 24.3 Å². The van der Waals surface area contributed by atoms with Gasteiger partial charge in [0.15, 0.2) is 0 Å². The van der Waals surface area contributed by atoms with Gasteiger partial charge in [-0.15, -0.1) is 0 Å². The quantitative estimate of drug-likeness (QED) is 0.363. The van der Waals surface area contributed by atoms with Gasteiger partial charge < -0.3 is 20.1 Å². The third-order valence-electron chi connectivity index (χ3n) is 6.42. The van der Waals surface area contributed by atoms with Gasteiger partial charge in [0, 0.05) is 24.5 Å². The van der Waals surface area contributed by atoms with E-state index in [1.165, 1.54) is 12.1 Å². The third-order valence-corrected chi connectivity index (χ3v) is 7.88. The Bertz CT molecular complexity index is 1340. The number of carboxylic acid groups (broad SMARTS) is 1. The van der Waals surface area contributed by atoms with Crippen LogP contribution in [-0.4, -0.2) is 57.7 Å². The number of benzene rings is 3. The van der Waals surface area contributed by atoms with Crippen molar-refractivity contribution in [1.29, 1.82) is 0 Å². The van der Waals surface area contributed by atoms with E-state index in [1.54, 1.807) is 54.6 Å². The number of aryl methyl sites for hydroxylation is 1. The predicted molar refractivity (Wildman–Crippen MR) is 145 cm³/mol. The highest BCUT2D eigenvalue weighted by atomic mass is 32.2. The van der Waals surface area contributed by atoms with Gasteiger partial charge in [-0.3, -0.25) is 9.59 Å². The van der Waals surface area contributed by atoms with Crippen molar-refractivity contribution < 1.29 is 27.9 Å². The fourth-order valence-corrected chi connectivity index (χ4v) is 5.52. The lowest BCUT2D eigenvalue weighted by Gasteiger charge is -2.29. The van der Waals surface area contributed by atoms with E-state index in [-0.39, 0.29) is 11.3 Å². The maximum atomic E-state index is 13.5. The molecule has 1 fully saturated rings. The van der Waals surface area contributed by atoms with E-state index in [4.69, 9.17) is 4.74 Å². The molecule has 3 aromatic rings. The van der Waals surface area contributed by atoms with Crippen molar-refractivity contribution in [1.82, 2.24) is 4.72 Å². The maximum Gasteiger partial charge on any atom is 0.309 e. The Kier molecular flexibility index (Phi) is 8.77. The average Bonchev–Trinajstić information content (AvgIpc) is 2.92.